The number of rotatable bonds is 3. The number of halogens is 2. The van der Waals surface area contributed by atoms with Crippen LogP contribution in [-0.4, -0.2) is 5.91 Å². The Morgan fingerprint density at radius 1 is 1.21 bits per heavy atom. The summed E-state index contributed by atoms with van der Waals surface area (Å²) in [7, 11) is 0. The molecule has 0 aliphatic carbocycles. The first kappa shape index (κ1) is 14.1. The summed E-state index contributed by atoms with van der Waals surface area (Å²) in [4.78, 5) is 12.1. The molecule has 98 valence electrons. The quantitative estimate of drug-likeness (QED) is 0.886. The van der Waals surface area contributed by atoms with Gasteiger partial charge >= 0.3 is 0 Å². The molecule has 0 atom stereocenters. The van der Waals surface area contributed by atoms with Gasteiger partial charge in [-0.2, -0.15) is 0 Å². The molecule has 2 aromatic rings. The van der Waals surface area contributed by atoms with Gasteiger partial charge in [0.05, 0.1) is 10.6 Å². The monoisotopic (exact) mass is 337 g/mol. The predicted molar refractivity (Wildman–Crippen MR) is 81.5 cm³/mol. The number of aryl methyl sites for hydroxylation is 1. The highest BCUT2D eigenvalue weighted by molar-refractivity contribution is 9.10. The molecule has 19 heavy (non-hydrogen) atoms. The second-order valence-corrected chi connectivity index (χ2v) is 5.54. The smallest absolute Gasteiger partial charge is 0.253 e. The molecule has 0 aromatic heterocycles. The molecule has 0 heterocycles. The van der Waals surface area contributed by atoms with Crippen LogP contribution in [0.1, 0.15) is 21.5 Å². The van der Waals surface area contributed by atoms with E-state index >= 15 is 0 Å². The van der Waals surface area contributed by atoms with Gasteiger partial charge in [0.15, 0.2) is 0 Å². The number of hydrogen-bond donors (Lipinski definition) is 1. The first-order chi connectivity index (χ1) is 9.08. The van der Waals surface area contributed by atoms with Crippen molar-refractivity contribution < 1.29 is 4.79 Å². The lowest BCUT2D eigenvalue weighted by atomic mass is 10.1. The third kappa shape index (κ3) is 3.58. The van der Waals surface area contributed by atoms with Crippen molar-refractivity contribution in [3.63, 3.8) is 0 Å². The maximum Gasteiger partial charge on any atom is 0.253 e. The molecule has 2 rings (SSSR count). The molecule has 0 saturated heterocycles. The van der Waals surface area contributed by atoms with E-state index in [9.17, 15) is 4.79 Å². The molecule has 0 spiro atoms. The lowest BCUT2D eigenvalue weighted by molar-refractivity contribution is 0.0951. The van der Waals surface area contributed by atoms with Crippen LogP contribution in [-0.2, 0) is 6.54 Å². The first-order valence-corrected chi connectivity index (χ1v) is 7.03. The Hall–Kier alpha value is -1.32. The third-order valence-corrected chi connectivity index (χ3v) is 3.83. The molecule has 0 fully saturated rings. The van der Waals surface area contributed by atoms with Crippen LogP contribution in [0.25, 0.3) is 0 Å². The minimum absolute atomic E-state index is 0.156. The number of carbonyl (C=O) groups excluding carboxylic acids is 1. The van der Waals surface area contributed by atoms with E-state index in [0.29, 0.717) is 17.1 Å². The Kier molecular flexibility index (Phi) is 4.61. The maximum atomic E-state index is 12.1. The van der Waals surface area contributed by atoms with Crippen LogP contribution in [0.2, 0.25) is 5.02 Å². The van der Waals surface area contributed by atoms with E-state index in [-0.39, 0.29) is 5.91 Å². The van der Waals surface area contributed by atoms with Gasteiger partial charge < -0.3 is 5.32 Å². The van der Waals surface area contributed by atoms with Gasteiger partial charge in [0.1, 0.15) is 0 Å². The van der Waals surface area contributed by atoms with Crippen LogP contribution in [0.4, 0.5) is 0 Å². The summed E-state index contributed by atoms with van der Waals surface area (Å²) in [6, 6.07) is 13.3. The fourth-order valence-electron chi connectivity index (χ4n) is 1.70. The summed E-state index contributed by atoms with van der Waals surface area (Å²) < 4.78 is 1.02. The number of benzene rings is 2. The van der Waals surface area contributed by atoms with Crippen molar-refractivity contribution in [2.24, 2.45) is 0 Å². The molecule has 0 bridgehead atoms. The Morgan fingerprint density at radius 2 is 1.89 bits per heavy atom. The van der Waals surface area contributed by atoms with E-state index in [1.807, 2.05) is 43.3 Å². The normalized spacial score (nSPS) is 10.3. The van der Waals surface area contributed by atoms with Crippen LogP contribution in [0, 0.1) is 6.92 Å². The van der Waals surface area contributed by atoms with Crippen LogP contribution >= 0.6 is 27.5 Å². The van der Waals surface area contributed by atoms with Crippen LogP contribution < -0.4 is 5.32 Å². The van der Waals surface area contributed by atoms with Crippen molar-refractivity contribution in [2.45, 2.75) is 13.5 Å². The van der Waals surface area contributed by atoms with Gasteiger partial charge in [-0.15, -0.1) is 0 Å². The molecular weight excluding hydrogens is 326 g/mol. The molecule has 0 aliphatic rings. The first-order valence-electron chi connectivity index (χ1n) is 5.85. The average Bonchev–Trinajstić information content (AvgIpc) is 2.41. The van der Waals surface area contributed by atoms with Gasteiger partial charge in [-0.3, -0.25) is 4.79 Å². The predicted octanol–water partition coefficient (Wildman–Crippen LogP) is 4.34. The van der Waals surface area contributed by atoms with Crippen molar-refractivity contribution in [3.8, 4) is 0 Å². The van der Waals surface area contributed by atoms with Gasteiger partial charge in [0.2, 0.25) is 0 Å². The van der Waals surface area contributed by atoms with E-state index in [1.54, 1.807) is 6.07 Å². The molecular formula is C15H13BrClNO. The van der Waals surface area contributed by atoms with Crippen molar-refractivity contribution >= 4 is 33.4 Å². The summed E-state index contributed by atoms with van der Waals surface area (Å²) in [5.74, 6) is -0.156. The highest BCUT2D eigenvalue weighted by atomic mass is 79.9. The largest absolute Gasteiger partial charge is 0.348 e. The zero-order chi connectivity index (χ0) is 13.8. The van der Waals surface area contributed by atoms with E-state index in [2.05, 4.69) is 21.2 Å². The second kappa shape index (κ2) is 6.22. The third-order valence-electron chi connectivity index (χ3n) is 2.80. The molecule has 0 aliphatic heterocycles. The molecule has 1 amide bonds. The fraction of sp³-hybridized carbons (Fsp3) is 0.133. The number of carbonyl (C=O) groups is 1. The number of nitrogens with one attached hydrogen (secondary N) is 1. The fourth-order valence-corrected chi connectivity index (χ4v) is 2.18. The maximum absolute atomic E-state index is 12.1. The van der Waals surface area contributed by atoms with Crippen LogP contribution in [0.3, 0.4) is 0 Å². The van der Waals surface area contributed by atoms with E-state index in [1.165, 1.54) is 0 Å². The zero-order valence-electron chi connectivity index (χ0n) is 10.4. The number of amides is 1. The molecule has 2 aromatic carbocycles. The molecule has 0 unspecified atom stereocenters. The van der Waals surface area contributed by atoms with Gasteiger partial charge in [-0.25, -0.2) is 0 Å². The van der Waals surface area contributed by atoms with Crippen molar-refractivity contribution in [1.29, 1.82) is 0 Å². The van der Waals surface area contributed by atoms with Crippen molar-refractivity contribution in [2.75, 3.05) is 0 Å². The van der Waals surface area contributed by atoms with Gasteiger partial charge in [0, 0.05) is 11.0 Å². The lowest BCUT2D eigenvalue weighted by Gasteiger charge is -2.08. The lowest BCUT2D eigenvalue weighted by Crippen LogP contribution is -2.23. The molecule has 0 saturated carbocycles. The average molecular weight is 339 g/mol. The molecule has 2 nitrogen and oxygen atoms in total. The van der Waals surface area contributed by atoms with Gasteiger partial charge in [-0.1, -0.05) is 51.8 Å². The van der Waals surface area contributed by atoms with Gasteiger partial charge in [0.25, 0.3) is 5.91 Å². The molecule has 1 N–H and O–H groups in total. The Bertz CT molecular complexity index is 596. The van der Waals surface area contributed by atoms with Crippen molar-refractivity contribution in [1.82, 2.24) is 5.32 Å². The Morgan fingerprint density at radius 3 is 2.58 bits per heavy atom. The van der Waals surface area contributed by atoms with Crippen molar-refractivity contribution in [3.05, 3.63) is 68.7 Å². The Balaban J connectivity index is 2.05. The standard InChI is InChI=1S/C15H13BrClNO/c1-10-3-2-4-13(14(10)17)15(19)18-9-11-5-7-12(16)8-6-11/h2-8H,9H2,1H3,(H,18,19). The minimum Gasteiger partial charge on any atom is -0.348 e. The SMILES string of the molecule is Cc1cccc(C(=O)NCc2ccc(Br)cc2)c1Cl. The highest BCUT2D eigenvalue weighted by Crippen LogP contribution is 2.20. The molecule has 4 heteroatoms. The van der Waals surface area contributed by atoms with E-state index in [0.717, 1.165) is 15.6 Å². The van der Waals surface area contributed by atoms with E-state index in [4.69, 9.17) is 11.6 Å². The topological polar surface area (TPSA) is 29.1 Å². The van der Waals surface area contributed by atoms with E-state index < -0.39 is 0 Å². The minimum atomic E-state index is -0.156. The molecule has 0 radical (unpaired) electrons. The summed E-state index contributed by atoms with van der Waals surface area (Å²) in [6.45, 7) is 2.37. The summed E-state index contributed by atoms with van der Waals surface area (Å²) in [6.07, 6.45) is 0. The zero-order valence-corrected chi connectivity index (χ0v) is 12.8. The highest BCUT2D eigenvalue weighted by Gasteiger charge is 2.10. The number of hydrogen-bond acceptors (Lipinski definition) is 1. The summed E-state index contributed by atoms with van der Waals surface area (Å²) in [5.41, 5.74) is 2.46. The van der Waals surface area contributed by atoms with Crippen LogP contribution in [0.15, 0.2) is 46.9 Å². The Labute approximate surface area is 125 Å². The van der Waals surface area contributed by atoms with Crippen LogP contribution in [0.5, 0.6) is 0 Å². The summed E-state index contributed by atoms with van der Waals surface area (Å²) in [5, 5.41) is 3.37. The summed E-state index contributed by atoms with van der Waals surface area (Å²) >= 11 is 9.50. The second-order valence-electron chi connectivity index (χ2n) is 4.25. The van der Waals surface area contributed by atoms with Gasteiger partial charge in [-0.05, 0) is 36.2 Å².